The first-order chi connectivity index (χ1) is 11.2. The van der Waals surface area contributed by atoms with Gasteiger partial charge in [-0.05, 0) is 12.8 Å². The van der Waals surface area contributed by atoms with E-state index < -0.39 is 12.1 Å². The van der Waals surface area contributed by atoms with Gasteiger partial charge in [0.2, 0.25) is 5.91 Å². The lowest BCUT2D eigenvalue weighted by molar-refractivity contribution is -0.192. The Labute approximate surface area is 141 Å². The Hall–Kier alpha value is -1.00. The van der Waals surface area contributed by atoms with Gasteiger partial charge in [0.15, 0.2) is 0 Å². The van der Waals surface area contributed by atoms with Crippen LogP contribution in [-0.2, 0) is 19.1 Å². The molecule has 3 saturated heterocycles. The van der Waals surface area contributed by atoms with Crippen molar-refractivity contribution in [1.82, 2.24) is 4.90 Å². The molecule has 0 bridgehead atoms. The molecular weight excluding hydrogens is 351 g/mol. The normalized spacial score (nSPS) is 28.2. The van der Waals surface area contributed by atoms with Crippen molar-refractivity contribution in [2.75, 3.05) is 39.2 Å². The van der Waals surface area contributed by atoms with E-state index in [-0.39, 0.29) is 5.92 Å². The summed E-state index contributed by atoms with van der Waals surface area (Å²) in [7, 11) is 1.78. The van der Waals surface area contributed by atoms with Crippen LogP contribution >= 0.6 is 11.8 Å². The number of carboxylic acid groups (broad SMARTS) is 1. The van der Waals surface area contributed by atoms with Gasteiger partial charge in [0.25, 0.3) is 0 Å². The summed E-state index contributed by atoms with van der Waals surface area (Å²) in [5, 5.41) is 7.12. The average molecular weight is 371 g/mol. The van der Waals surface area contributed by atoms with Gasteiger partial charge in [-0.2, -0.15) is 13.2 Å². The van der Waals surface area contributed by atoms with Crippen LogP contribution in [0.15, 0.2) is 0 Å². The summed E-state index contributed by atoms with van der Waals surface area (Å²) >= 11 is 1.98. The molecule has 2 unspecified atom stereocenters. The zero-order chi connectivity index (χ0) is 18.0. The van der Waals surface area contributed by atoms with Crippen molar-refractivity contribution in [3.8, 4) is 0 Å². The van der Waals surface area contributed by atoms with Gasteiger partial charge in [-0.25, -0.2) is 4.79 Å². The second-order valence-electron chi connectivity index (χ2n) is 6.11. The summed E-state index contributed by atoms with van der Waals surface area (Å²) in [6.45, 7) is 3.19. The number of likely N-dealkylation sites (tertiary alicyclic amines) is 1. The molecule has 2 atom stereocenters. The number of halogens is 3. The fourth-order valence-corrected chi connectivity index (χ4v) is 4.56. The predicted molar refractivity (Wildman–Crippen MR) is 79.8 cm³/mol. The molecule has 138 valence electrons. The molecule has 1 spiro atoms. The summed E-state index contributed by atoms with van der Waals surface area (Å²) < 4.78 is 42.7. The molecule has 0 aromatic carbocycles. The molecule has 0 aliphatic carbocycles. The van der Waals surface area contributed by atoms with Crippen molar-refractivity contribution in [3.63, 3.8) is 0 Å². The first-order valence-electron chi connectivity index (χ1n) is 7.50. The zero-order valence-electron chi connectivity index (χ0n) is 13.2. The lowest BCUT2D eigenvalue weighted by atomic mass is 9.91. The number of hydrogen-bond donors (Lipinski definition) is 1. The summed E-state index contributed by atoms with van der Waals surface area (Å²) in [5.74, 6) is -1.26. The number of alkyl halides is 3. The minimum absolute atomic E-state index is 0.122. The maximum absolute atomic E-state index is 12.1. The van der Waals surface area contributed by atoms with E-state index in [9.17, 15) is 18.0 Å². The molecule has 6 nitrogen and oxygen atoms in total. The molecular formula is C14H20F3NO5S. The Kier molecular flexibility index (Phi) is 6.03. The van der Waals surface area contributed by atoms with Crippen molar-refractivity contribution < 1.29 is 37.3 Å². The van der Waals surface area contributed by atoms with Gasteiger partial charge >= 0.3 is 12.1 Å². The van der Waals surface area contributed by atoms with E-state index in [2.05, 4.69) is 0 Å². The Morgan fingerprint density at radius 2 is 2.00 bits per heavy atom. The van der Waals surface area contributed by atoms with Crippen molar-refractivity contribution in [2.45, 2.75) is 29.9 Å². The Balaban J connectivity index is 0.000000256. The van der Waals surface area contributed by atoms with Crippen LogP contribution in [0.2, 0.25) is 0 Å². The Morgan fingerprint density at radius 3 is 2.42 bits per heavy atom. The summed E-state index contributed by atoms with van der Waals surface area (Å²) in [6.07, 6.45) is -2.71. The highest BCUT2D eigenvalue weighted by Crippen LogP contribution is 2.46. The third-order valence-corrected chi connectivity index (χ3v) is 5.88. The maximum Gasteiger partial charge on any atom is 0.490 e. The molecule has 3 aliphatic heterocycles. The summed E-state index contributed by atoms with van der Waals surface area (Å²) in [6, 6.07) is 0. The largest absolute Gasteiger partial charge is 0.490 e. The molecule has 1 N–H and O–H groups in total. The van der Waals surface area contributed by atoms with E-state index in [1.165, 1.54) is 0 Å². The number of carboxylic acids is 1. The van der Waals surface area contributed by atoms with Gasteiger partial charge in [0, 0.05) is 32.6 Å². The van der Waals surface area contributed by atoms with Crippen LogP contribution in [0.3, 0.4) is 0 Å². The number of rotatable bonds is 2. The molecule has 3 heterocycles. The first-order valence-corrected chi connectivity index (χ1v) is 8.49. The maximum atomic E-state index is 12.1. The lowest BCUT2D eigenvalue weighted by Gasteiger charge is -2.48. The molecule has 0 aromatic heterocycles. The first kappa shape index (κ1) is 19.3. The fourth-order valence-electron chi connectivity index (χ4n) is 2.97. The number of thioether (sulfide) groups is 1. The SMILES string of the molecule is COC1CSC2(C1)CN(C(=O)C1CCOC1)C2.O=C(O)C(F)(F)F. The lowest BCUT2D eigenvalue weighted by Crippen LogP contribution is -2.62. The van der Waals surface area contributed by atoms with Crippen LogP contribution in [0.4, 0.5) is 13.2 Å². The summed E-state index contributed by atoms with van der Waals surface area (Å²) in [5.41, 5.74) is 0. The molecule has 0 saturated carbocycles. The van der Waals surface area contributed by atoms with Gasteiger partial charge in [-0.15, -0.1) is 11.8 Å². The zero-order valence-corrected chi connectivity index (χ0v) is 14.0. The highest BCUT2D eigenvalue weighted by molar-refractivity contribution is 8.01. The van der Waals surface area contributed by atoms with E-state index in [4.69, 9.17) is 19.4 Å². The Bertz CT molecular complexity index is 476. The van der Waals surface area contributed by atoms with Gasteiger partial charge in [0.05, 0.1) is 23.4 Å². The molecule has 10 heteroatoms. The van der Waals surface area contributed by atoms with Crippen molar-refractivity contribution in [1.29, 1.82) is 0 Å². The third-order valence-electron chi connectivity index (χ3n) is 4.30. The number of carbonyl (C=O) groups excluding carboxylic acids is 1. The second kappa shape index (κ2) is 7.49. The average Bonchev–Trinajstić information content (AvgIpc) is 3.14. The van der Waals surface area contributed by atoms with Crippen molar-refractivity contribution >= 4 is 23.6 Å². The molecule has 0 aromatic rings. The van der Waals surface area contributed by atoms with Gasteiger partial charge < -0.3 is 19.5 Å². The predicted octanol–water partition coefficient (Wildman–Crippen LogP) is 1.39. The number of ether oxygens (including phenoxy) is 2. The molecule has 0 radical (unpaired) electrons. The molecule has 24 heavy (non-hydrogen) atoms. The highest BCUT2D eigenvalue weighted by Gasteiger charge is 2.51. The molecule has 1 amide bonds. The van der Waals surface area contributed by atoms with E-state index in [1.807, 2.05) is 16.7 Å². The number of aliphatic carboxylic acids is 1. The van der Waals surface area contributed by atoms with Gasteiger partial charge in [-0.1, -0.05) is 0 Å². The van der Waals surface area contributed by atoms with Gasteiger partial charge in [0.1, 0.15) is 0 Å². The van der Waals surface area contributed by atoms with Crippen LogP contribution in [0.1, 0.15) is 12.8 Å². The van der Waals surface area contributed by atoms with Crippen LogP contribution in [0.5, 0.6) is 0 Å². The smallest absolute Gasteiger partial charge is 0.475 e. The van der Waals surface area contributed by atoms with Crippen molar-refractivity contribution in [2.24, 2.45) is 5.92 Å². The van der Waals surface area contributed by atoms with E-state index in [0.29, 0.717) is 23.4 Å². The minimum atomic E-state index is -5.08. The van der Waals surface area contributed by atoms with E-state index in [0.717, 1.165) is 38.3 Å². The Morgan fingerprint density at radius 1 is 1.38 bits per heavy atom. The second-order valence-corrected chi connectivity index (χ2v) is 7.60. The number of amides is 1. The summed E-state index contributed by atoms with van der Waals surface area (Å²) in [4.78, 5) is 23.0. The number of methoxy groups -OCH3 is 1. The number of carbonyl (C=O) groups is 2. The van der Waals surface area contributed by atoms with Crippen LogP contribution in [0, 0.1) is 5.92 Å². The standard InChI is InChI=1S/C12H19NO3S.C2HF3O2/c1-15-10-4-12(17-6-10)7-13(8-12)11(14)9-2-3-16-5-9;3-2(4,5)1(6)7/h9-10H,2-8H2,1H3;(H,6,7). The topological polar surface area (TPSA) is 76.1 Å². The van der Waals surface area contributed by atoms with Crippen LogP contribution < -0.4 is 0 Å². The van der Waals surface area contributed by atoms with Gasteiger partial charge in [-0.3, -0.25) is 4.79 Å². The molecule has 3 aliphatic rings. The number of hydrogen-bond acceptors (Lipinski definition) is 5. The van der Waals surface area contributed by atoms with Crippen molar-refractivity contribution in [3.05, 3.63) is 0 Å². The fraction of sp³-hybridized carbons (Fsp3) is 0.857. The molecule has 3 fully saturated rings. The highest BCUT2D eigenvalue weighted by atomic mass is 32.2. The minimum Gasteiger partial charge on any atom is -0.475 e. The van der Waals surface area contributed by atoms with E-state index in [1.54, 1.807) is 7.11 Å². The van der Waals surface area contributed by atoms with Crippen LogP contribution in [-0.4, -0.2) is 78.1 Å². The van der Waals surface area contributed by atoms with E-state index >= 15 is 0 Å². The third kappa shape index (κ3) is 4.54. The quantitative estimate of drug-likeness (QED) is 0.791. The molecule has 3 rings (SSSR count). The van der Waals surface area contributed by atoms with Crippen LogP contribution in [0.25, 0.3) is 0 Å². The number of nitrogens with zero attached hydrogens (tertiary/aromatic N) is 1. The monoisotopic (exact) mass is 371 g/mol.